The third kappa shape index (κ3) is 5.98. The lowest BCUT2D eigenvalue weighted by molar-refractivity contribution is -0.384. The molecule has 0 fully saturated rings. The molecular formula is C19H20N2O6S. The average molecular weight is 404 g/mol. The Kier molecular flexibility index (Phi) is 7.39. The molecule has 0 heterocycles. The van der Waals surface area contributed by atoms with E-state index in [1.807, 2.05) is 32.0 Å². The molecule has 9 heteroatoms. The second-order valence-corrected chi connectivity index (χ2v) is 6.93. The molecule has 0 saturated heterocycles. The topological polar surface area (TPSA) is 108 Å². The lowest BCUT2D eigenvalue weighted by Gasteiger charge is -2.08. The minimum absolute atomic E-state index is 0.00338. The zero-order chi connectivity index (χ0) is 20.7. The van der Waals surface area contributed by atoms with Gasteiger partial charge in [0.1, 0.15) is 11.4 Å². The van der Waals surface area contributed by atoms with Crippen LogP contribution in [0, 0.1) is 24.0 Å². The molecule has 2 aromatic carbocycles. The summed E-state index contributed by atoms with van der Waals surface area (Å²) in [6.45, 7) is 3.46. The number of thioether (sulfide) groups is 1. The number of aryl methyl sites for hydroxylation is 2. The fraction of sp³-hybridized carbons (Fsp3) is 0.263. The van der Waals surface area contributed by atoms with Crippen LogP contribution in [0.5, 0.6) is 5.75 Å². The molecule has 1 N–H and O–H groups in total. The van der Waals surface area contributed by atoms with E-state index in [9.17, 15) is 19.7 Å². The Morgan fingerprint density at radius 3 is 2.54 bits per heavy atom. The molecule has 0 spiro atoms. The zero-order valence-electron chi connectivity index (χ0n) is 15.7. The summed E-state index contributed by atoms with van der Waals surface area (Å²) in [4.78, 5) is 35.2. The second kappa shape index (κ2) is 9.75. The molecule has 0 bridgehead atoms. The number of ether oxygens (including phenoxy) is 2. The number of nitrogens with zero attached hydrogens (tertiary/aromatic N) is 1. The number of carbonyl (C=O) groups excluding carboxylic acids is 2. The van der Waals surface area contributed by atoms with Crippen LogP contribution in [0.1, 0.15) is 11.1 Å². The summed E-state index contributed by atoms with van der Waals surface area (Å²) in [6, 6.07) is 9.89. The first-order valence-electron chi connectivity index (χ1n) is 8.28. The monoisotopic (exact) mass is 404 g/mol. The van der Waals surface area contributed by atoms with Crippen molar-refractivity contribution in [3.05, 3.63) is 57.6 Å². The fourth-order valence-corrected chi connectivity index (χ4v) is 3.01. The van der Waals surface area contributed by atoms with Gasteiger partial charge >= 0.3 is 5.97 Å². The van der Waals surface area contributed by atoms with Crippen molar-refractivity contribution in [1.82, 2.24) is 0 Å². The highest BCUT2D eigenvalue weighted by Gasteiger charge is 2.18. The minimum Gasteiger partial charge on any atom is -0.496 e. The molecule has 0 aliphatic rings. The zero-order valence-corrected chi connectivity index (χ0v) is 16.5. The van der Waals surface area contributed by atoms with Crippen molar-refractivity contribution in [3.8, 4) is 5.75 Å². The summed E-state index contributed by atoms with van der Waals surface area (Å²) in [5.41, 5.74) is 1.97. The molecule has 148 valence electrons. The van der Waals surface area contributed by atoms with E-state index in [0.29, 0.717) is 5.75 Å². The quantitative estimate of drug-likeness (QED) is 0.310. The summed E-state index contributed by atoms with van der Waals surface area (Å²) >= 11 is 1.31. The molecule has 0 saturated carbocycles. The highest BCUT2D eigenvalue weighted by atomic mass is 32.2. The van der Waals surface area contributed by atoms with Gasteiger partial charge in [-0.15, -0.1) is 11.8 Å². The second-order valence-electron chi connectivity index (χ2n) is 5.88. The number of benzene rings is 2. The van der Waals surface area contributed by atoms with Crippen molar-refractivity contribution in [2.24, 2.45) is 0 Å². The lowest BCUT2D eigenvalue weighted by atomic mass is 10.1. The summed E-state index contributed by atoms with van der Waals surface area (Å²) in [6.07, 6.45) is 0. The fourth-order valence-electron chi connectivity index (χ4n) is 2.22. The van der Waals surface area contributed by atoms with Crippen LogP contribution >= 0.6 is 11.8 Å². The maximum Gasteiger partial charge on any atom is 0.316 e. The number of hydrogen-bond acceptors (Lipinski definition) is 7. The Bertz CT molecular complexity index is 900. The summed E-state index contributed by atoms with van der Waals surface area (Å²) < 4.78 is 9.86. The summed E-state index contributed by atoms with van der Waals surface area (Å²) in [7, 11) is 1.38. The molecule has 1 amide bonds. The molecule has 0 atom stereocenters. The highest BCUT2D eigenvalue weighted by molar-refractivity contribution is 8.00. The Labute approximate surface area is 166 Å². The molecule has 28 heavy (non-hydrogen) atoms. The van der Waals surface area contributed by atoms with Crippen molar-refractivity contribution in [2.75, 3.05) is 24.8 Å². The van der Waals surface area contributed by atoms with Crippen LogP contribution in [-0.4, -0.2) is 36.3 Å². The minimum atomic E-state index is -0.669. The van der Waals surface area contributed by atoms with Gasteiger partial charge in [-0.1, -0.05) is 6.07 Å². The lowest BCUT2D eigenvalue weighted by Crippen LogP contribution is -2.22. The maximum absolute atomic E-state index is 12.0. The van der Waals surface area contributed by atoms with Gasteiger partial charge in [0.25, 0.3) is 11.6 Å². The Morgan fingerprint density at radius 1 is 1.14 bits per heavy atom. The van der Waals surface area contributed by atoms with Crippen LogP contribution in [-0.2, 0) is 14.3 Å². The molecule has 2 aromatic rings. The molecule has 0 radical (unpaired) electrons. The average Bonchev–Trinajstić information content (AvgIpc) is 2.67. The Balaban J connectivity index is 1.85. The van der Waals surface area contributed by atoms with Crippen molar-refractivity contribution in [2.45, 2.75) is 18.7 Å². The first-order valence-corrected chi connectivity index (χ1v) is 9.26. The van der Waals surface area contributed by atoms with Gasteiger partial charge in [0.15, 0.2) is 6.61 Å². The van der Waals surface area contributed by atoms with E-state index in [2.05, 4.69) is 5.32 Å². The molecule has 2 rings (SSSR count). The van der Waals surface area contributed by atoms with Gasteiger partial charge in [0.05, 0.1) is 23.9 Å². The number of esters is 1. The normalized spacial score (nSPS) is 10.2. The number of nitro benzene ring substituents is 1. The number of methoxy groups -OCH3 is 1. The van der Waals surface area contributed by atoms with Gasteiger partial charge in [0.2, 0.25) is 0 Å². The standard InChI is InChI=1S/C19H20N2O6S/c1-12-4-6-15(8-13(12)2)28-11-19(23)27-10-18(22)20-16-7-5-14(26-3)9-17(16)21(24)25/h4-9H,10-11H2,1-3H3,(H,20,22). The molecule has 0 unspecified atom stereocenters. The van der Waals surface area contributed by atoms with E-state index in [1.54, 1.807) is 0 Å². The van der Waals surface area contributed by atoms with E-state index in [0.717, 1.165) is 16.0 Å². The maximum atomic E-state index is 12.0. The number of nitro groups is 1. The number of carbonyl (C=O) groups is 2. The van der Waals surface area contributed by atoms with Gasteiger partial charge in [-0.05, 0) is 49.2 Å². The van der Waals surface area contributed by atoms with E-state index in [4.69, 9.17) is 9.47 Å². The molecule has 8 nitrogen and oxygen atoms in total. The molecule has 0 aliphatic carbocycles. The van der Waals surface area contributed by atoms with Gasteiger partial charge in [-0.3, -0.25) is 19.7 Å². The van der Waals surface area contributed by atoms with Crippen LogP contribution < -0.4 is 10.1 Å². The van der Waals surface area contributed by atoms with Gasteiger partial charge < -0.3 is 14.8 Å². The van der Waals surface area contributed by atoms with Gasteiger partial charge in [-0.25, -0.2) is 0 Å². The van der Waals surface area contributed by atoms with Crippen molar-refractivity contribution in [1.29, 1.82) is 0 Å². The number of hydrogen-bond donors (Lipinski definition) is 1. The van der Waals surface area contributed by atoms with Gasteiger partial charge in [0, 0.05) is 4.90 Å². The van der Waals surface area contributed by atoms with Crippen molar-refractivity contribution < 1.29 is 24.0 Å². The van der Waals surface area contributed by atoms with Crippen LogP contribution in [0.3, 0.4) is 0 Å². The van der Waals surface area contributed by atoms with E-state index in [-0.39, 0.29) is 17.1 Å². The SMILES string of the molecule is COc1ccc(NC(=O)COC(=O)CSc2ccc(C)c(C)c2)c([N+](=O)[O-])c1. The highest BCUT2D eigenvalue weighted by Crippen LogP contribution is 2.28. The van der Waals surface area contributed by atoms with Crippen molar-refractivity contribution >= 4 is 35.0 Å². The van der Waals surface area contributed by atoms with E-state index in [1.165, 1.54) is 37.1 Å². The molecule has 0 aromatic heterocycles. The number of nitrogens with one attached hydrogen (secondary N) is 1. The predicted octanol–water partition coefficient (Wildman–Crippen LogP) is 3.49. The Morgan fingerprint density at radius 2 is 1.89 bits per heavy atom. The largest absolute Gasteiger partial charge is 0.496 e. The van der Waals surface area contributed by atoms with Crippen LogP contribution in [0.4, 0.5) is 11.4 Å². The van der Waals surface area contributed by atoms with Crippen LogP contribution in [0.2, 0.25) is 0 Å². The first-order chi connectivity index (χ1) is 13.3. The van der Waals surface area contributed by atoms with Gasteiger partial charge in [-0.2, -0.15) is 0 Å². The molecular weight excluding hydrogens is 384 g/mol. The number of anilines is 1. The third-order valence-corrected chi connectivity index (χ3v) is 4.84. The first kappa shape index (κ1) is 21.2. The summed E-state index contributed by atoms with van der Waals surface area (Å²) in [5.74, 6) is -0.877. The number of rotatable bonds is 8. The smallest absolute Gasteiger partial charge is 0.316 e. The van der Waals surface area contributed by atoms with Crippen LogP contribution in [0.15, 0.2) is 41.3 Å². The van der Waals surface area contributed by atoms with E-state index >= 15 is 0 Å². The Hall–Kier alpha value is -3.07. The van der Waals surface area contributed by atoms with Crippen molar-refractivity contribution in [3.63, 3.8) is 0 Å². The predicted molar refractivity (Wildman–Crippen MR) is 106 cm³/mol. The molecule has 0 aliphatic heterocycles. The third-order valence-electron chi connectivity index (χ3n) is 3.87. The van der Waals surface area contributed by atoms with E-state index < -0.39 is 23.4 Å². The number of amides is 1. The van der Waals surface area contributed by atoms with Crippen LogP contribution in [0.25, 0.3) is 0 Å². The summed E-state index contributed by atoms with van der Waals surface area (Å²) in [5, 5.41) is 13.5.